The number of esters is 1. The number of hydrogen-bond donors (Lipinski definition) is 1. The molecule has 0 aliphatic carbocycles. The molecule has 0 aliphatic heterocycles. The highest BCUT2D eigenvalue weighted by Gasteiger charge is 2.23. The van der Waals surface area contributed by atoms with Crippen molar-refractivity contribution in [2.45, 2.75) is 20.3 Å². The molecule has 0 bridgehead atoms. The van der Waals surface area contributed by atoms with Crippen LogP contribution in [0.15, 0.2) is 45.3 Å². The molecular formula is C22H22BrNO6. The van der Waals surface area contributed by atoms with E-state index in [4.69, 9.17) is 18.6 Å². The maximum atomic E-state index is 12.8. The van der Waals surface area contributed by atoms with Crippen molar-refractivity contribution >= 4 is 44.5 Å². The lowest BCUT2D eigenvalue weighted by molar-refractivity contribution is -0.115. The fraction of sp³-hybridized carbons (Fsp3) is 0.273. The quantitative estimate of drug-likeness (QED) is 0.463. The van der Waals surface area contributed by atoms with Gasteiger partial charge in [-0.25, -0.2) is 4.79 Å². The highest BCUT2D eigenvalue weighted by Crippen LogP contribution is 2.34. The molecule has 0 saturated carbocycles. The number of furan rings is 1. The van der Waals surface area contributed by atoms with E-state index in [1.165, 1.54) is 7.11 Å². The van der Waals surface area contributed by atoms with Crippen LogP contribution < -0.4 is 14.8 Å². The largest absolute Gasteiger partial charge is 0.490 e. The summed E-state index contributed by atoms with van der Waals surface area (Å²) in [4.78, 5) is 24.9. The van der Waals surface area contributed by atoms with Crippen molar-refractivity contribution in [1.29, 1.82) is 0 Å². The van der Waals surface area contributed by atoms with E-state index in [0.29, 0.717) is 35.7 Å². The number of amides is 1. The lowest BCUT2D eigenvalue weighted by atomic mass is 10.1. The summed E-state index contributed by atoms with van der Waals surface area (Å²) in [6.45, 7) is 4.77. The van der Waals surface area contributed by atoms with Gasteiger partial charge in [-0.3, -0.25) is 4.79 Å². The molecule has 1 aromatic heterocycles. The number of ether oxygens (including phenoxy) is 3. The van der Waals surface area contributed by atoms with Crippen molar-refractivity contribution in [2.75, 3.05) is 25.6 Å². The Kier molecular flexibility index (Phi) is 6.99. The van der Waals surface area contributed by atoms with Gasteiger partial charge in [-0.15, -0.1) is 0 Å². The van der Waals surface area contributed by atoms with Gasteiger partial charge < -0.3 is 23.9 Å². The number of methoxy groups -OCH3 is 1. The maximum absolute atomic E-state index is 12.8. The number of nitrogens with one attached hydrogen (secondary N) is 1. The van der Waals surface area contributed by atoms with Crippen LogP contribution in [-0.2, 0) is 16.0 Å². The average molecular weight is 476 g/mol. The van der Waals surface area contributed by atoms with Crippen molar-refractivity contribution in [1.82, 2.24) is 0 Å². The van der Waals surface area contributed by atoms with Crippen molar-refractivity contribution < 1.29 is 28.2 Å². The molecule has 1 heterocycles. The molecule has 0 unspecified atom stereocenters. The molecule has 3 rings (SSSR count). The molecule has 0 saturated heterocycles. The lowest BCUT2D eigenvalue weighted by Crippen LogP contribution is -2.16. The van der Waals surface area contributed by atoms with Crippen LogP contribution in [-0.4, -0.2) is 32.2 Å². The molecular weight excluding hydrogens is 454 g/mol. The first kappa shape index (κ1) is 21.7. The molecule has 30 heavy (non-hydrogen) atoms. The molecule has 0 aliphatic rings. The van der Waals surface area contributed by atoms with Gasteiger partial charge in [-0.2, -0.15) is 0 Å². The summed E-state index contributed by atoms with van der Waals surface area (Å²) in [7, 11) is 1.26. The maximum Gasteiger partial charge on any atom is 0.376 e. The van der Waals surface area contributed by atoms with Crippen molar-refractivity contribution in [2.24, 2.45) is 0 Å². The average Bonchev–Trinajstić information content (AvgIpc) is 3.07. The fourth-order valence-electron chi connectivity index (χ4n) is 3.00. The first-order chi connectivity index (χ1) is 14.5. The summed E-state index contributed by atoms with van der Waals surface area (Å²) in [6.07, 6.45) is 0.0772. The first-order valence-electron chi connectivity index (χ1n) is 9.45. The third-order valence-corrected chi connectivity index (χ3v) is 4.75. The predicted molar refractivity (Wildman–Crippen MR) is 116 cm³/mol. The summed E-state index contributed by atoms with van der Waals surface area (Å²) in [6, 6.07) is 10.6. The Bertz CT molecular complexity index is 1070. The van der Waals surface area contributed by atoms with E-state index in [-0.39, 0.29) is 23.8 Å². The van der Waals surface area contributed by atoms with Gasteiger partial charge in [0.1, 0.15) is 11.3 Å². The summed E-state index contributed by atoms with van der Waals surface area (Å²) in [5.74, 6) is 0.173. The van der Waals surface area contributed by atoms with E-state index in [9.17, 15) is 9.59 Å². The van der Waals surface area contributed by atoms with Crippen LogP contribution in [0, 0.1) is 0 Å². The minimum absolute atomic E-state index is 0.0550. The number of rotatable bonds is 8. The van der Waals surface area contributed by atoms with Gasteiger partial charge in [-0.1, -0.05) is 22.0 Å². The minimum atomic E-state index is -0.669. The van der Waals surface area contributed by atoms with E-state index in [1.807, 2.05) is 13.8 Å². The summed E-state index contributed by atoms with van der Waals surface area (Å²) in [5, 5.41) is 3.39. The third-order valence-electron chi connectivity index (χ3n) is 4.26. The van der Waals surface area contributed by atoms with Gasteiger partial charge in [0.2, 0.25) is 11.7 Å². The Balaban J connectivity index is 1.87. The number of halogens is 1. The van der Waals surface area contributed by atoms with E-state index >= 15 is 0 Å². The molecule has 2 aromatic carbocycles. The normalized spacial score (nSPS) is 10.7. The summed E-state index contributed by atoms with van der Waals surface area (Å²) in [5.41, 5.74) is 1.49. The second kappa shape index (κ2) is 9.67. The lowest BCUT2D eigenvalue weighted by Gasteiger charge is -2.12. The number of carbonyl (C=O) groups is 2. The monoisotopic (exact) mass is 475 g/mol. The predicted octanol–water partition coefficient (Wildman–Crippen LogP) is 4.96. The molecule has 8 heteroatoms. The van der Waals surface area contributed by atoms with Gasteiger partial charge in [0, 0.05) is 9.86 Å². The van der Waals surface area contributed by atoms with Gasteiger partial charge in [0.05, 0.1) is 26.7 Å². The number of fused-ring (bicyclic) bond motifs is 1. The topological polar surface area (TPSA) is 87.0 Å². The minimum Gasteiger partial charge on any atom is -0.490 e. The SMILES string of the molecule is CCOc1ccc(CC(=O)Nc2c(C(=O)OC)oc3ccc(Br)cc23)cc1OCC. The number of benzene rings is 2. The van der Waals surface area contributed by atoms with E-state index in [1.54, 1.807) is 36.4 Å². The van der Waals surface area contributed by atoms with Gasteiger partial charge in [0.25, 0.3) is 0 Å². The summed E-state index contributed by atoms with van der Waals surface area (Å²) < 4.78 is 22.4. The van der Waals surface area contributed by atoms with Gasteiger partial charge in [0.15, 0.2) is 11.5 Å². The standard InChI is InChI=1S/C22H22BrNO6/c1-4-28-17-8-6-13(10-18(17)29-5-2)11-19(25)24-20-15-12-14(23)7-9-16(15)30-21(20)22(26)27-3/h6-10,12H,4-5,11H2,1-3H3,(H,24,25). The van der Waals surface area contributed by atoms with E-state index in [2.05, 4.69) is 21.2 Å². The van der Waals surface area contributed by atoms with Gasteiger partial charge >= 0.3 is 5.97 Å². The summed E-state index contributed by atoms with van der Waals surface area (Å²) >= 11 is 3.40. The molecule has 0 fully saturated rings. The molecule has 1 N–H and O–H groups in total. The molecule has 158 valence electrons. The Hall–Kier alpha value is -3.00. The molecule has 1 amide bonds. The Morgan fingerprint density at radius 1 is 1.03 bits per heavy atom. The Labute approximate surface area is 182 Å². The molecule has 0 radical (unpaired) electrons. The zero-order chi connectivity index (χ0) is 21.7. The Morgan fingerprint density at radius 3 is 2.47 bits per heavy atom. The molecule has 3 aromatic rings. The molecule has 0 spiro atoms. The van der Waals surface area contributed by atoms with E-state index in [0.717, 1.165) is 10.0 Å². The third kappa shape index (κ3) is 4.76. The van der Waals surface area contributed by atoms with Crippen molar-refractivity contribution in [3.63, 3.8) is 0 Å². The van der Waals surface area contributed by atoms with Crippen molar-refractivity contribution in [3.8, 4) is 11.5 Å². The van der Waals surface area contributed by atoms with Crippen LogP contribution in [0.2, 0.25) is 0 Å². The van der Waals surface area contributed by atoms with Crippen LogP contribution in [0.25, 0.3) is 11.0 Å². The highest BCUT2D eigenvalue weighted by atomic mass is 79.9. The second-order valence-corrected chi connectivity index (χ2v) is 7.23. The van der Waals surface area contributed by atoms with Crippen LogP contribution in [0.4, 0.5) is 5.69 Å². The Morgan fingerprint density at radius 2 is 1.77 bits per heavy atom. The second-order valence-electron chi connectivity index (χ2n) is 6.31. The number of anilines is 1. The fourth-order valence-corrected chi connectivity index (χ4v) is 3.37. The van der Waals surface area contributed by atoms with Crippen LogP contribution in [0.1, 0.15) is 30.0 Å². The van der Waals surface area contributed by atoms with E-state index < -0.39 is 5.97 Å². The van der Waals surface area contributed by atoms with Crippen LogP contribution in [0.3, 0.4) is 0 Å². The molecule has 0 atom stereocenters. The number of hydrogen-bond acceptors (Lipinski definition) is 6. The smallest absolute Gasteiger partial charge is 0.376 e. The van der Waals surface area contributed by atoms with Gasteiger partial charge in [-0.05, 0) is 49.7 Å². The highest BCUT2D eigenvalue weighted by molar-refractivity contribution is 9.10. The van der Waals surface area contributed by atoms with Crippen LogP contribution in [0.5, 0.6) is 11.5 Å². The molecule has 7 nitrogen and oxygen atoms in total. The first-order valence-corrected chi connectivity index (χ1v) is 10.2. The van der Waals surface area contributed by atoms with Crippen molar-refractivity contribution in [3.05, 3.63) is 52.2 Å². The number of carbonyl (C=O) groups excluding carboxylic acids is 2. The zero-order valence-corrected chi connectivity index (χ0v) is 18.5. The van der Waals surface area contributed by atoms with Crippen LogP contribution >= 0.6 is 15.9 Å². The zero-order valence-electron chi connectivity index (χ0n) is 16.9.